The van der Waals surface area contributed by atoms with Gasteiger partial charge in [0.2, 0.25) is 0 Å². The second-order valence-corrected chi connectivity index (χ2v) is 6.10. The minimum absolute atomic E-state index is 0.0230. The number of nitrogens with zero attached hydrogens (tertiary/aromatic N) is 2. The number of piperidine rings is 1. The van der Waals surface area contributed by atoms with Crippen molar-refractivity contribution in [2.24, 2.45) is 5.92 Å². The van der Waals surface area contributed by atoms with Gasteiger partial charge in [0.15, 0.2) is 0 Å². The minimum Gasteiger partial charge on any atom is -0.335 e. The van der Waals surface area contributed by atoms with Crippen LogP contribution < -0.4 is 5.32 Å². The van der Waals surface area contributed by atoms with Gasteiger partial charge < -0.3 is 10.2 Å². The molecule has 0 aliphatic carbocycles. The van der Waals surface area contributed by atoms with E-state index in [0.717, 1.165) is 6.07 Å². The number of alkyl halides is 3. The zero-order chi connectivity index (χ0) is 17.7. The number of hydrogen-bond donors (Lipinski definition) is 1. The highest BCUT2D eigenvalue weighted by Gasteiger charge is 2.33. The van der Waals surface area contributed by atoms with Crippen molar-refractivity contribution in [3.63, 3.8) is 0 Å². The molecule has 1 aromatic rings. The summed E-state index contributed by atoms with van der Waals surface area (Å²) in [6.45, 7) is 2.68. The molecule has 1 saturated heterocycles. The van der Waals surface area contributed by atoms with Gasteiger partial charge in [-0.1, -0.05) is 18.2 Å². The summed E-state index contributed by atoms with van der Waals surface area (Å²) >= 11 is 0. The fraction of sp³-hybridized carbons (Fsp3) is 0.529. The number of urea groups is 1. The summed E-state index contributed by atoms with van der Waals surface area (Å²) in [5, 5.41) is 11.6. The number of hydrogen-bond acceptors (Lipinski definition) is 2. The molecule has 1 fully saturated rings. The number of benzene rings is 1. The van der Waals surface area contributed by atoms with Crippen LogP contribution in [0.5, 0.6) is 0 Å². The fourth-order valence-electron chi connectivity index (χ4n) is 2.87. The standard InChI is InChI=1S/C17H20F3N3O/c1-12(10-14-4-2-3-5-15(14)17(18,19)20)22-16(24)23-8-6-13(11-21)7-9-23/h2-5,12-13H,6-10H2,1H3,(H,22,24)/t12-/m0/s1. The predicted octanol–water partition coefficient (Wildman–Crippen LogP) is 3.58. The topological polar surface area (TPSA) is 56.1 Å². The maximum absolute atomic E-state index is 13.0. The first-order valence-electron chi connectivity index (χ1n) is 7.91. The van der Waals surface area contributed by atoms with E-state index in [0.29, 0.717) is 25.9 Å². The Morgan fingerprint density at radius 3 is 2.58 bits per heavy atom. The van der Waals surface area contributed by atoms with Crippen LogP contribution in [0.2, 0.25) is 0 Å². The zero-order valence-corrected chi connectivity index (χ0v) is 13.4. The van der Waals surface area contributed by atoms with Crippen LogP contribution in [0.3, 0.4) is 0 Å². The van der Waals surface area contributed by atoms with E-state index in [4.69, 9.17) is 5.26 Å². The molecular formula is C17H20F3N3O. The molecule has 0 radical (unpaired) electrons. The maximum Gasteiger partial charge on any atom is 0.416 e. The van der Waals surface area contributed by atoms with Crippen molar-refractivity contribution in [3.8, 4) is 6.07 Å². The van der Waals surface area contributed by atoms with Gasteiger partial charge in [-0.3, -0.25) is 0 Å². The highest BCUT2D eigenvalue weighted by atomic mass is 19.4. The summed E-state index contributed by atoms with van der Waals surface area (Å²) in [5.41, 5.74) is -0.498. The van der Waals surface area contributed by atoms with Crippen LogP contribution in [0.1, 0.15) is 30.9 Å². The molecule has 1 aliphatic rings. The van der Waals surface area contributed by atoms with Gasteiger partial charge >= 0.3 is 12.2 Å². The smallest absolute Gasteiger partial charge is 0.335 e. The third-order valence-corrected chi connectivity index (χ3v) is 4.18. The number of halogens is 3. The predicted molar refractivity (Wildman–Crippen MR) is 83.1 cm³/mol. The first kappa shape index (κ1) is 18.1. The Labute approximate surface area is 139 Å². The van der Waals surface area contributed by atoms with E-state index < -0.39 is 17.8 Å². The molecule has 0 aromatic heterocycles. The van der Waals surface area contributed by atoms with Crippen molar-refractivity contribution in [2.45, 2.75) is 38.4 Å². The fourth-order valence-corrected chi connectivity index (χ4v) is 2.87. The van der Waals surface area contributed by atoms with Gasteiger partial charge in [0.1, 0.15) is 0 Å². The number of rotatable bonds is 3. The van der Waals surface area contributed by atoms with E-state index in [1.807, 2.05) is 0 Å². The number of amides is 2. The number of carbonyl (C=O) groups is 1. The third kappa shape index (κ3) is 4.63. The quantitative estimate of drug-likeness (QED) is 0.915. The number of nitriles is 1. The Kier molecular flexibility index (Phi) is 5.71. The lowest BCUT2D eigenvalue weighted by Gasteiger charge is -2.30. The molecule has 0 saturated carbocycles. The van der Waals surface area contributed by atoms with Gasteiger partial charge in [0.05, 0.1) is 11.6 Å². The Morgan fingerprint density at radius 2 is 2.00 bits per heavy atom. The highest BCUT2D eigenvalue weighted by Crippen LogP contribution is 2.32. The van der Waals surface area contributed by atoms with E-state index in [-0.39, 0.29) is 23.9 Å². The molecule has 1 heterocycles. The molecule has 1 atom stereocenters. The number of likely N-dealkylation sites (tertiary alicyclic amines) is 1. The highest BCUT2D eigenvalue weighted by molar-refractivity contribution is 5.74. The second-order valence-electron chi connectivity index (χ2n) is 6.10. The molecular weight excluding hydrogens is 319 g/mol. The largest absolute Gasteiger partial charge is 0.416 e. The Balaban J connectivity index is 1.93. The lowest BCUT2D eigenvalue weighted by molar-refractivity contribution is -0.138. The normalized spacial score (nSPS) is 17.2. The van der Waals surface area contributed by atoms with E-state index in [2.05, 4.69) is 11.4 Å². The SMILES string of the molecule is C[C@@H](Cc1ccccc1C(F)(F)F)NC(=O)N1CCC(C#N)CC1. The Bertz CT molecular complexity index is 616. The van der Waals surface area contributed by atoms with Crippen LogP contribution in [0.25, 0.3) is 0 Å². The van der Waals surface area contributed by atoms with Crippen molar-refractivity contribution in [2.75, 3.05) is 13.1 Å². The van der Waals surface area contributed by atoms with E-state index in [1.54, 1.807) is 17.9 Å². The average molecular weight is 339 g/mol. The van der Waals surface area contributed by atoms with Crippen LogP contribution in [0, 0.1) is 17.2 Å². The lowest BCUT2D eigenvalue weighted by atomic mass is 9.99. The van der Waals surface area contributed by atoms with Crippen molar-refractivity contribution in [1.82, 2.24) is 10.2 Å². The molecule has 2 amide bonds. The summed E-state index contributed by atoms with van der Waals surface area (Å²) in [6, 6.07) is 6.89. The summed E-state index contributed by atoms with van der Waals surface area (Å²) < 4.78 is 39.0. The van der Waals surface area contributed by atoms with Crippen LogP contribution in [-0.2, 0) is 12.6 Å². The van der Waals surface area contributed by atoms with Crippen LogP contribution in [0.4, 0.5) is 18.0 Å². The zero-order valence-electron chi connectivity index (χ0n) is 13.4. The van der Waals surface area contributed by atoms with Crippen molar-refractivity contribution >= 4 is 6.03 Å². The summed E-state index contributed by atoms with van der Waals surface area (Å²) in [7, 11) is 0. The summed E-state index contributed by atoms with van der Waals surface area (Å²) in [5.74, 6) is -0.0230. The van der Waals surface area contributed by atoms with Crippen molar-refractivity contribution in [1.29, 1.82) is 5.26 Å². The van der Waals surface area contributed by atoms with Crippen LogP contribution in [0.15, 0.2) is 24.3 Å². The third-order valence-electron chi connectivity index (χ3n) is 4.18. The maximum atomic E-state index is 13.0. The number of nitrogens with one attached hydrogen (secondary N) is 1. The van der Waals surface area contributed by atoms with Gasteiger partial charge in [-0.25, -0.2) is 4.79 Å². The lowest BCUT2D eigenvalue weighted by Crippen LogP contribution is -2.47. The average Bonchev–Trinajstić information content (AvgIpc) is 2.54. The monoisotopic (exact) mass is 339 g/mol. The molecule has 24 heavy (non-hydrogen) atoms. The molecule has 0 spiro atoms. The van der Waals surface area contributed by atoms with E-state index in [1.165, 1.54) is 12.1 Å². The van der Waals surface area contributed by atoms with Crippen LogP contribution >= 0.6 is 0 Å². The molecule has 1 aromatic carbocycles. The Morgan fingerprint density at radius 1 is 1.38 bits per heavy atom. The summed E-state index contributed by atoms with van der Waals surface area (Å²) in [4.78, 5) is 13.8. The molecule has 1 N–H and O–H groups in total. The molecule has 1 aliphatic heterocycles. The van der Waals surface area contributed by atoms with Crippen molar-refractivity contribution < 1.29 is 18.0 Å². The summed E-state index contributed by atoms with van der Waals surface area (Å²) in [6.07, 6.45) is -3.03. The van der Waals surface area contributed by atoms with Crippen LogP contribution in [-0.4, -0.2) is 30.1 Å². The van der Waals surface area contributed by atoms with Gasteiger partial charge in [-0.15, -0.1) is 0 Å². The van der Waals surface area contributed by atoms with E-state index >= 15 is 0 Å². The molecule has 7 heteroatoms. The molecule has 4 nitrogen and oxygen atoms in total. The molecule has 0 bridgehead atoms. The molecule has 130 valence electrons. The number of carbonyl (C=O) groups excluding carboxylic acids is 1. The van der Waals surface area contributed by atoms with Gasteiger partial charge in [0, 0.05) is 25.0 Å². The first-order valence-corrected chi connectivity index (χ1v) is 7.91. The minimum atomic E-state index is -4.40. The molecule has 2 rings (SSSR count). The molecule has 0 unspecified atom stereocenters. The van der Waals surface area contributed by atoms with Gasteiger partial charge in [0.25, 0.3) is 0 Å². The van der Waals surface area contributed by atoms with Gasteiger partial charge in [-0.05, 0) is 37.8 Å². The Hall–Kier alpha value is -2.23. The first-order chi connectivity index (χ1) is 11.3. The van der Waals surface area contributed by atoms with Crippen molar-refractivity contribution in [3.05, 3.63) is 35.4 Å². The second kappa shape index (κ2) is 7.56. The van der Waals surface area contributed by atoms with E-state index in [9.17, 15) is 18.0 Å². The van der Waals surface area contributed by atoms with Gasteiger partial charge in [-0.2, -0.15) is 18.4 Å².